The lowest BCUT2D eigenvalue weighted by atomic mass is 9.75. The van der Waals surface area contributed by atoms with E-state index in [4.69, 9.17) is 4.74 Å². The third-order valence-corrected chi connectivity index (χ3v) is 4.85. The Balaban J connectivity index is 2.48. The van der Waals surface area contributed by atoms with E-state index in [9.17, 15) is 4.79 Å². The number of hydrogen-bond donors (Lipinski definition) is 1. The summed E-state index contributed by atoms with van der Waals surface area (Å²) < 4.78 is 5.00. The zero-order chi connectivity index (χ0) is 13.6. The molecule has 3 nitrogen and oxygen atoms in total. The van der Waals surface area contributed by atoms with Crippen LogP contribution in [-0.2, 0) is 9.53 Å². The molecule has 0 radical (unpaired) electrons. The molecule has 0 aromatic carbocycles. The monoisotopic (exact) mass is 273 g/mol. The molecule has 0 spiro atoms. The molecule has 0 bridgehead atoms. The molecule has 2 atom stereocenters. The second-order valence-corrected chi connectivity index (χ2v) is 6.95. The normalized spacial score (nSPS) is 26.9. The Morgan fingerprint density at radius 3 is 2.78 bits per heavy atom. The molecule has 106 valence electrons. The molecule has 0 aromatic heterocycles. The molecular weight excluding hydrogens is 246 g/mol. The van der Waals surface area contributed by atoms with Crippen LogP contribution < -0.4 is 5.32 Å². The van der Waals surface area contributed by atoms with Gasteiger partial charge in [0.2, 0.25) is 0 Å². The quantitative estimate of drug-likeness (QED) is 0.755. The highest BCUT2D eigenvalue weighted by Gasteiger charge is 2.34. The molecule has 2 unspecified atom stereocenters. The zero-order valence-electron chi connectivity index (χ0n) is 12.1. The molecule has 1 aliphatic carbocycles. The molecular formula is C14H27NO2S. The third-order valence-electron chi connectivity index (χ3n) is 3.52. The third kappa shape index (κ3) is 5.19. The summed E-state index contributed by atoms with van der Waals surface area (Å²) in [6.07, 6.45) is 3.65. The number of ether oxygens (including phenoxy) is 1. The Morgan fingerprint density at radius 1 is 1.44 bits per heavy atom. The van der Waals surface area contributed by atoms with E-state index in [1.165, 1.54) is 19.3 Å². The summed E-state index contributed by atoms with van der Waals surface area (Å²) in [6, 6.07) is 0.544. The predicted molar refractivity (Wildman–Crippen MR) is 78.0 cm³/mol. The van der Waals surface area contributed by atoms with Crippen LogP contribution >= 0.6 is 11.8 Å². The minimum Gasteiger partial charge on any atom is -0.465 e. The average Bonchev–Trinajstić information content (AvgIpc) is 2.30. The number of carbonyl (C=O) groups excluding carboxylic acids is 1. The maximum Gasteiger partial charge on any atom is 0.315 e. The molecule has 1 saturated carbocycles. The van der Waals surface area contributed by atoms with Gasteiger partial charge in [0.05, 0.1) is 12.4 Å². The number of rotatable bonds is 6. The summed E-state index contributed by atoms with van der Waals surface area (Å²) in [5.41, 5.74) is 0.401. The average molecular weight is 273 g/mol. The van der Waals surface area contributed by atoms with Gasteiger partial charge in [-0.05, 0) is 38.1 Å². The van der Waals surface area contributed by atoms with E-state index in [2.05, 4.69) is 26.1 Å². The molecule has 1 aliphatic rings. The number of thioether (sulfide) groups is 1. The van der Waals surface area contributed by atoms with E-state index < -0.39 is 0 Å². The largest absolute Gasteiger partial charge is 0.465 e. The number of hydrogen-bond acceptors (Lipinski definition) is 4. The number of esters is 1. The standard InChI is InChI=1S/C14H27NO2S/c1-5-15-11-7-8-14(3,4)9-12(11)18-10-13(16)17-6-2/h11-12,15H,5-10H2,1-4H3. The highest BCUT2D eigenvalue weighted by atomic mass is 32.2. The molecule has 18 heavy (non-hydrogen) atoms. The maximum atomic E-state index is 11.4. The highest BCUT2D eigenvalue weighted by Crippen LogP contribution is 2.40. The Hall–Kier alpha value is -0.220. The van der Waals surface area contributed by atoms with Gasteiger partial charge in [0.25, 0.3) is 0 Å². The first-order chi connectivity index (χ1) is 8.48. The fourth-order valence-electron chi connectivity index (χ4n) is 2.57. The second kappa shape index (κ2) is 7.39. The lowest BCUT2D eigenvalue weighted by Crippen LogP contribution is -2.45. The molecule has 0 aromatic rings. The molecule has 1 N–H and O–H groups in total. The van der Waals surface area contributed by atoms with Crippen molar-refractivity contribution in [3.8, 4) is 0 Å². The Labute approximate surface area is 115 Å². The van der Waals surface area contributed by atoms with E-state index >= 15 is 0 Å². The SMILES string of the molecule is CCNC1CCC(C)(C)CC1SCC(=O)OCC. The Bertz CT molecular complexity index is 269. The van der Waals surface area contributed by atoms with Crippen molar-refractivity contribution in [3.05, 3.63) is 0 Å². The van der Waals surface area contributed by atoms with Gasteiger partial charge in [0.15, 0.2) is 0 Å². The molecule has 1 fully saturated rings. The lowest BCUT2D eigenvalue weighted by molar-refractivity contribution is -0.139. The van der Waals surface area contributed by atoms with Crippen LogP contribution in [0.1, 0.15) is 47.0 Å². The van der Waals surface area contributed by atoms with Crippen molar-refractivity contribution in [2.24, 2.45) is 5.41 Å². The summed E-state index contributed by atoms with van der Waals surface area (Å²) in [5, 5.41) is 4.08. The Morgan fingerprint density at radius 2 is 2.17 bits per heavy atom. The van der Waals surface area contributed by atoms with Crippen LogP contribution in [0.15, 0.2) is 0 Å². The van der Waals surface area contributed by atoms with Crippen LogP contribution in [-0.4, -0.2) is 36.2 Å². The van der Waals surface area contributed by atoms with Crippen molar-refractivity contribution in [1.29, 1.82) is 0 Å². The lowest BCUT2D eigenvalue weighted by Gasteiger charge is -2.40. The van der Waals surface area contributed by atoms with Gasteiger partial charge in [0.1, 0.15) is 0 Å². The van der Waals surface area contributed by atoms with Gasteiger partial charge in [-0.15, -0.1) is 11.8 Å². The van der Waals surface area contributed by atoms with Crippen LogP contribution in [0.3, 0.4) is 0 Å². The van der Waals surface area contributed by atoms with Crippen LogP contribution in [0.25, 0.3) is 0 Å². The van der Waals surface area contributed by atoms with E-state index in [-0.39, 0.29) is 5.97 Å². The molecule has 1 rings (SSSR count). The number of nitrogens with one attached hydrogen (secondary N) is 1. The van der Waals surface area contributed by atoms with Gasteiger partial charge in [-0.25, -0.2) is 0 Å². The van der Waals surface area contributed by atoms with Gasteiger partial charge >= 0.3 is 5.97 Å². The summed E-state index contributed by atoms with van der Waals surface area (Å²) in [4.78, 5) is 11.4. The summed E-state index contributed by atoms with van der Waals surface area (Å²) in [6.45, 7) is 10.1. The summed E-state index contributed by atoms with van der Waals surface area (Å²) >= 11 is 1.76. The highest BCUT2D eigenvalue weighted by molar-refractivity contribution is 8.00. The van der Waals surface area contributed by atoms with Crippen LogP contribution in [0.2, 0.25) is 0 Å². The van der Waals surface area contributed by atoms with Crippen LogP contribution in [0.5, 0.6) is 0 Å². The van der Waals surface area contributed by atoms with Gasteiger partial charge in [-0.2, -0.15) is 0 Å². The minimum absolute atomic E-state index is 0.0823. The fraction of sp³-hybridized carbons (Fsp3) is 0.929. The van der Waals surface area contributed by atoms with Crippen molar-refractivity contribution in [2.45, 2.75) is 58.2 Å². The molecule has 0 amide bonds. The van der Waals surface area contributed by atoms with E-state index in [0.717, 1.165) is 6.54 Å². The van der Waals surface area contributed by atoms with Gasteiger partial charge in [0, 0.05) is 11.3 Å². The molecule has 0 heterocycles. The molecule has 0 saturated heterocycles. The van der Waals surface area contributed by atoms with E-state index in [1.54, 1.807) is 11.8 Å². The van der Waals surface area contributed by atoms with Crippen molar-refractivity contribution < 1.29 is 9.53 Å². The van der Waals surface area contributed by atoms with Crippen molar-refractivity contribution in [1.82, 2.24) is 5.32 Å². The van der Waals surface area contributed by atoms with Crippen LogP contribution in [0.4, 0.5) is 0 Å². The van der Waals surface area contributed by atoms with Crippen molar-refractivity contribution in [2.75, 3.05) is 18.9 Å². The van der Waals surface area contributed by atoms with Gasteiger partial charge < -0.3 is 10.1 Å². The van der Waals surface area contributed by atoms with E-state index in [0.29, 0.717) is 29.1 Å². The van der Waals surface area contributed by atoms with E-state index in [1.807, 2.05) is 6.92 Å². The predicted octanol–water partition coefficient (Wildman–Crippen LogP) is 2.84. The fourth-order valence-corrected chi connectivity index (χ4v) is 4.04. The van der Waals surface area contributed by atoms with Gasteiger partial charge in [-0.3, -0.25) is 4.79 Å². The van der Waals surface area contributed by atoms with Crippen molar-refractivity contribution in [3.63, 3.8) is 0 Å². The Kier molecular flexibility index (Phi) is 6.50. The molecule has 4 heteroatoms. The first-order valence-electron chi connectivity index (χ1n) is 6.99. The minimum atomic E-state index is -0.0823. The zero-order valence-corrected chi connectivity index (χ0v) is 12.9. The van der Waals surface area contributed by atoms with Gasteiger partial charge in [-0.1, -0.05) is 20.8 Å². The first-order valence-corrected chi connectivity index (χ1v) is 8.04. The smallest absolute Gasteiger partial charge is 0.315 e. The topological polar surface area (TPSA) is 38.3 Å². The first kappa shape index (κ1) is 15.8. The summed E-state index contributed by atoms with van der Waals surface area (Å²) in [5.74, 6) is 0.400. The van der Waals surface area contributed by atoms with Crippen LogP contribution in [0, 0.1) is 5.41 Å². The second-order valence-electron chi connectivity index (χ2n) is 5.73. The number of carbonyl (C=O) groups is 1. The maximum absolute atomic E-state index is 11.4. The summed E-state index contributed by atoms with van der Waals surface area (Å²) in [7, 11) is 0. The molecule has 0 aliphatic heterocycles. The van der Waals surface area contributed by atoms with Crippen molar-refractivity contribution >= 4 is 17.7 Å².